The van der Waals surface area contributed by atoms with Gasteiger partial charge in [-0.3, -0.25) is 9.69 Å². The molecule has 0 unspecified atom stereocenters. The third-order valence-corrected chi connectivity index (χ3v) is 3.45. The van der Waals surface area contributed by atoms with E-state index < -0.39 is 0 Å². The second kappa shape index (κ2) is 5.01. The highest BCUT2D eigenvalue weighted by molar-refractivity contribution is 7.80. The van der Waals surface area contributed by atoms with Crippen LogP contribution in [0.15, 0.2) is 36.8 Å². The third-order valence-electron chi connectivity index (χ3n) is 3.11. The van der Waals surface area contributed by atoms with Crippen molar-refractivity contribution in [2.24, 2.45) is 0 Å². The lowest BCUT2D eigenvalue weighted by atomic mass is 10.2. The van der Waals surface area contributed by atoms with Gasteiger partial charge in [-0.15, -0.1) is 0 Å². The van der Waals surface area contributed by atoms with E-state index in [1.165, 1.54) is 0 Å². The Morgan fingerprint density at radius 1 is 1.45 bits per heavy atom. The Bertz CT molecular complexity index is 637. The predicted molar refractivity (Wildman–Crippen MR) is 77.1 cm³/mol. The van der Waals surface area contributed by atoms with E-state index in [1.54, 1.807) is 28.9 Å². The largest absolute Gasteiger partial charge is 0.351 e. The van der Waals surface area contributed by atoms with Gasteiger partial charge < -0.3 is 5.32 Å². The zero-order valence-corrected chi connectivity index (χ0v) is 11.7. The molecule has 20 heavy (non-hydrogen) atoms. The first-order valence-electron chi connectivity index (χ1n) is 6.22. The number of carbonyl (C=O) groups excluding carboxylic acids is 1. The fraction of sp³-hybridized carbons (Fsp3) is 0.231. The molecule has 0 aromatic carbocycles. The Hall–Kier alpha value is -2.28. The van der Waals surface area contributed by atoms with Gasteiger partial charge in [0.2, 0.25) is 0 Å². The zero-order chi connectivity index (χ0) is 14.1. The minimum atomic E-state index is -0.251. The van der Waals surface area contributed by atoms with E-state index in [4.69, 9.17) is 12.2 Å². The van der Waals surface area contributed by atoms with Crippen LogP contribution in [0.25, 0.3) is 5.82 Å². The van der Waals surface area contributed by atoms with E-state index in [0.29, 0.717) is 11.7 Å². The maximum atomic E-state index is 11.9. The fourth-order valence-corrected chi connectivity index (χ4v) is 2.37. The van der Waals surface area contributed by atoms with Crippen LogP contribution in [0.5, 0.6) is 0 Å². The van der Waals surface area contributed by atoms with Gasteiger partial charge in [-0.25, -0.2) is 9.67 Å². The molecule has 1 saturated heterocycles. The molecule has 0 aliphatic carbocycles. The van der Waals surface area contributed by atoms with Crippen LogP contribution in [0, 0.1) is 0 Å². The van der Waals surface area contributed by atoms with Gasteiger partial charge in [-0.2, -0.15) is 5.10 Å². The van der Waals surface area contributed by atoms with Gasteiger partial charge in [0.15, 0.2) is 10.9 Å². The Morgan fingerprint density at radius 3 is 2.85 bits per heavy atom. The summed E-state index contributed by atoms with van der Waals surface area (Å²) in [6, 6.07) is 5.37. The number of rotatable bonds is 3. The average Bonchev–Trinajstić information content (AvgIpc) is 3.05. The fourth-order valence-electron chi connectivity index (χ4n) is 2.04. The maximum Gasteiger partial charge on any atom is 0.251 e. The minimum absolute atomic E-state index is 0.00819. The normalized spacial score (nSPS) is 18.4. The van der Waals surface area contributed by atoms with Crippen molar-refractivity contribution in [3.8, 4) is 5.82 Å². The van der Waals surface area contributed by atoms with Gasteiger partial charge in [-0.05, 0) is 36.8 Å². The van der Waals surface area contributed by atoms with Crippen molar-refractivity contribution in [3.05, 3.63) is 42.4 Å². The Kier molecular flexibility index (Phi) is 3.19. The number of amides is 1. The van der Waals surface area contributed by atoms with Gasteiger partial charge in [0.1, 0.15) is 6.04 Å². The number of hydrogen-bond donors (Lipinski definition) is 1. The number of aromatic nitrogens is 3. The number of nitrogens with zero attached hydrogens (tertiary/aromatic N) is 4. The summed E-state index contributed by atoms with van der Waals surface area (Å²) in [6.07, 6.45) is 5.26. The molecular weight excluding hydrogens is 274 g/mol. The number of thiocarbonyl (C=S) groups is 1. The number of nitrogens with one attached hydrogen (secondary N) is 1. The SMILES string of the molecule is C[C@@H]1NC(=S)N(Cc2ccc(-n3cccn3)nc2)C1=O. The van der Waals surface area contributed by atoms with E-state index in [-0.39, 0.29) is 11.9 Å². The first kappa shape index (κ1) is 12.7. The summed E-state index contributed by atoms with van der Waals surface area (Å²) in [4.78, 5) is 17.8. The zero-order valence-electron chi connectivity index (χ0n) is 10.9. The molecule has 0 saturated carbocycles. The Morgan fingerprint density at radius 2 is 2.30 bits per heavy atom. The smallest absolute Gasteiger partial charge is 0.251 e. The predicted octanol–water partition coefficient (Wildman–Crippen LogP) is 0.873. The first-order chi connectivity index (χ1) is 9.65. The summed E-state index contributed by atoms with van der Waals surface area (Å²) in [6.45, 7) is 2.23. The molecule has 1 aliphatic rings. The lowest BCUT2D eigenvalue weighted by Crippen LogP contribution is -2.30. The molecule has 2 aromatic rings. The minimum Gasteiger partial charge on any atom is -0.351 e. The molecule has 0 bridgehead atoms. The van der Waals surface area contributed by atoms with Crippen molar-refractivity contribution >= 4 is 23.2 Å². The lowest BCUT2D eigenvalue weighted by molar-refractivity contribution is -0.127. The van der Waals surface area contributed by atoms with Gasteiger partial charge in [0.05, 0.1) is 6.54 Å². The molecule has 3 rings (SSSR count). The Balaban J connectivity index is 1.76. The summed E-state index contributed by atoms with van der Waals surface area (Å²) < 4.78 is 1.68. The summed E-state index contributed by atoms with van der Waals surface area (Å²) >= 11 is 5.14. The molecule has 6 nitrogen and oxygen atoms in total. The van der Waals surface area contributed by atoms with Gasteiger partial charge in [0, 0.05) is 18.6 Å². The summed E-state index contributed by atoms with van der Waals surface area (Å²) in [5.41, 5.74) is 0.924. The monoisotopic (exact) mass is 287 g/mol. The van der Waals surface area contributed by atoms with E-state index in [0.717, 1.165) is 11.4 Å². The van der Waals surface area contributed by atoms with Gasteiger partial charge in [-0.1, -0.05) is 6.07 Å². The van der Waals surface area contributed by atoms with Crippen LogP contribution in [-0.2, 0) is 11.3 Å². The molecule has 1 N–H and O–H groups in total. The van der Waals surface area contributed by atoms with E-state index in [2.05, 4.69) is 15.4 Å². The van der Waals surface area contributed by atoms with Gasteiger partial charge >= 0.3 is 0 Å². The lowest BCUT2D eigenvalue weighted by Gasteiger charge is -2.14. The molecule has 1 amide bonds. The molecule has 2 aromatic heterocycles. The molecule has 1 aliphatic heterocycles. The number of hydrogen-bond acceptors (Lipinski definition) is 4. The van der Waals surface area contributed by atoms with Gasteiger partial charge in [0.25, 0.3) is 5.91 Å². The van der Waals surface area contributed by atoms with Crippen LogP contribution in [0.1, 0.15) is 12.5 Å². The second-order valence-corrected chi connectivity index (χ2v) is 4.96. The molecular formula is C13H13N5OS. The molecule has 0 radical (unpaired) electrons. The van der Waals surface area contributed by atoms with E-state index >= 15 is 0 Å². The number of carbonyl (C=O) groups is 1. The van der Waals surface area contributed by atoms with Crippen molar-refractivity contribution in [1.82, 2.24) is 25.0 Å². The highest BCUT2D eigenvalue weighted by atomic mass is 32.1. The van der Waals surface area contributed by atoms with Crippen molar-refractivity contribution in [1.29, 1.82) is 0 Å². The molecule has 0 spiro atoms. The molecule has 1 fully saturated rings. The van der Waals surface area contributed by atoms with Crippen molar-refractivity contribution in [2.75, 3.05) is 0 Å². The summed E-state index contributed by atoms with van der Waals surface area (Å²) in [5, 5.41) is 7.53. The molecule has 1 atom stereocenters. The van der Waals surface area contributed by atoms with Crippen LogP contribution in [0.4, 0.5) is 0 Å². The van der Waals surface area contributed by atoms with Crippen molar-refractivity contribution < 1.29 is 4.79 Å². The van der Waals surface area contributed by atoms with Crippen LogP contribution in [-0.4, -0.2) is 36.7 Å². The average molecular weight is 287 g/mol. The van der Waals surface area contributed by atoms with Crippen LogP contribution < -0.4 is 5.32 Å². The summed E-state index contributed by atoms with van der Waals surface area (Å²) in [7, 11) is 0. The van der Waals surface area contributed by atoms with E-state index in [1.807, 2.05) is 24.4 Å². The first-order valence-corrected chi connectivity index (χ1v) is 6.63. The quantitative estimate of drug-likeness (QED) is 0.849. The molecule has 102 valence electrons. The standard InChI is InChI=1S/C13H13N5OS/c1-9-12(19)17(13(20)16-9)8-10-3-4-11(14-7-10)18-6-2-5-15-18/h2-7,9H,8H2,1H3,(H,16,20)/t9-/m0/s1. The molecule has 7 heteroatoms. The molecule has 3 heterocycles. The number of pyridine rings is 1. The third kappa shape index (κ3) is 2.27. The maximum absolute atomic E-state index is 11.9. The topological polar surface area (TPSA) is 63.1 Å². The van der Waals surface area contributed by atoms with Crippen LogP contribution >= 0.6 is 12.2 Å². The van der Waals surface area contributed by atoms with Crippen molar-refractivity contribution in [2.45, 2.75) is 19.5 Å². The van der Waals surface area contributed by atoms with Crippen LogP contribution in [0.3, 0.4) is 0 Å². The second-order valence-electron chi connectivity index (χ2n) is 4.57. The van der Waals surface area contributed by atoms with Crippen molar-refractivity contribution in [3.63, 3.8) is 0 Å². The summed E-state index contributed by atoms with van der Waals surface area (Å²) in [5.74, 6) is 0.728. The highest BCUT2D eigenvalue weighted by Crippen LogP contribution is 2.12. The Labute approximate surface area is 121 Å². The van der Waals surface area contributed by atoms with Crippen LogP contribution in [0.2, 0.25) is 0 Å². The van der Waals surface area contributed by atoms with E-state index in [9.17, 15) is 4.79 Å². The highest BCUT2D eigenvalue weighted by Gasteiger charge is 2.31.